The predicted octanol–water partition coefficient (Wildman–Crippen LogP) is 0.770. The molecule has 0 aromatic heterocycles. The molecule has 27 heavy (non-hydrogen) atoms. The van der Waals surface area contributed by atoms with Gasteiger partial charge in [0.25, 0.3) is 0 Å². The van der Waals surface area contributed by atoms with Crippen molar-refractivity contribution in [2.24, 2.45) is 0 Å². The summed E-state index contributed by atoms with van der Waals surface area (Å²) in [7, 11) is -3.69. The number of amides is 2. The number of aliphatic carboxylic acids is 1. The van der Waals surface area contributed by atoms with Crippen LogP contribution in [0.1, 0.15) is 30.1 Å². The number of nitrogens with zero attached hydrogens (tertiary/aromatic N) is 2. The van der Waals surface area contributed by atoms with Crippen molar-refractivity contribution >= 4 is 27.8 Å². The van der Waals surface area contributed by atoms with E-state index in [0.29, 0.717) is 12.0 Å². The number of hydrogen-bond donors (Lipinski definition) is 2. The molecule has 0 unspecified atom stereocenters. The number of piperazine rings is 1. The number of Topliss-reactive ketones (excluding diaryl/α,β-unsaturated/α-hetero) is 1. The molecule has 1 saturated heterocycles. The van der Waals surface area contributed by atoms with Crippen LogP contribution in [0.25, 0.3) is 0 Å². The van der Waals surface area contributed by atoms with Gasteiger partial charge in [0.1, 0.15) is 0 Å². The van der Waals surface area contributed by atoms with E-state index < -0.39 is 16.0 Å². The summed E-state index contributed by atoms with van der Waals surface area (Å²) < 4.78 is 26.7. The molecule has 0 bridgehead atoms. The van der Waals surface area contributed by atoms with Crippen molar-refractivity contribution in [3.05, 3.63) is 29.8 Å². The summed E-state index contributed by atoms with van der Waals surface area (Å²) in [6, 6.07) is 5.45. The Labute approximate surface area is 158 Å². The molecule has 1 aromatic rings. The highest BCUT2D eigenvalue weighted by Gasteiger charge is 2.30. The Kier molecular flexibility index (Phi) is 6.92. The zero-order valence-corrected chi connectivity index (χ0v) is 15.9. The molecule has 0 saturated carbocycles. The van der Waals surface area contributed by atoms with Crippen LogP contribution < -0.4 is 5.32 Å². The van der Waals surface area contributed by atoms with Gasteiger partial charge in [-0.3, -0.25) is 9.59 Å². The van der Waals surface area contributed by atoms with Gasteiger partial charge >= 0.3 is 12.0 Å². The molecular weight excluding hydrogens is 374 g/mol. The highest BCUT2D eigenvalue weighted by molar-refractivity contribution is 7.89. The first-order valence-corrected chi connectivity index (χ1v) is 10.0. The van der Waals surface area contributed by atoms with Crippen molar-refractivity contribution in [3.8, 4) is 0 Å². The summed E-state index contributed by atoms with van der Waals surface area (Å²) in [5.41, 5.74) is 0.443. The SMILES string of the molecule is CC(=O)c1ccc(S(=O)(=O)N2CCN(C(=O)NCCCC(=O)O)CC2)cc1. The lowest BCUT2D eigenvalue weighted by Gasteiger charge is -2.34. The van der Waals surface area contributed by atoms with E-state index in [2.05, 4.69) is 5.32 Å². The quantitative estimate of drug-likeness (QED) is 0.517. The third-order valence-corrected chi connectivity index (χ3v) is 6.18. The number of rotatable bonds is 7. The van der Waals surface area contributed by atoms with Crippen LogP contribution in [-0.2, 0) is 14.8 Å². The molecule has 1 aromatic carbocycles. The summed E-state index contributed by atoms with van der Waals surface area (Å²) in [5, 5.41) is 11.2. The van der Waals surface area contributed by atoms with Gasteiger partial charge in [-0.05, 0) is 25.5 Å². The molecule has 1 aliphatic heterocycles. The van der Waals surface area contributed by atoms with Gasteiger partial charge < -0.3 is 15.3 Å². The smallest absolute Gasteiger partial charge is 0.317 e. The lowest BCUT2D eigenvalue weighted by atomic mass is 10.2. The highest BCUT2D eigenvalue weighted by atomic mass is 32.2. The van der Waals surface area contributed by atoms with Crippen molar-refractivity contribution in [2.75, 3.05) is 32.7 Å². The van der Waals surface area contributed by atoms with Crippen LogP contribution in [0.15, 0.2) is 29.2 Å². The zero-order valence-electron chi connectivity index (χ0n) is 15.1. The normalized spacial score (nSPS) is 15.4. The largest absolute Gasteiger partial charge is 0.481 e. The third kappa shape index (κ3) is 5.51. The summed E-state index contributed by atoms with van der Waals surface area (Å²) in [5.74, 6) is -1.05. The van der Waals surface area contributed by atoms with Gasteiger partial charge in [0.2, 0.25) is 10.0 Å². The number of benzene rings is 1. The van der Waals surface area contributed by atoms with E-state index in [-0.39, 0.29) is 55.9 Å². The van der Waals surface area contributed by atoms with Gasteiger partial charge in [0.15, 0.2) is 5.78 Å². The highest BCUT2D eigenvalue weighted by Crippen LogP contribution is 2.18. The molecule has 2 rings (SSSR count). The number of sulfonamides is 1. The summed E-state index contributed by atoms with van der Waals surface area (Å²) in [6.45, 7) is 2.49. The minimum Gasteiger partial charge on any atom is -0.481 e. The van der Waals surface area contributed by atoms with E-state index in [1.165, 1.54) is 40.4 Å². The Morgan fingerprint density at radius 3 is 2.19 bits per heavy atom. The Hall–Kier alpha value is -2.46. The van der Waals surface area contributed by atoms with Gasteiger partial charge in [0, 0.05) is 44.7 Å². The Morgan fingerprint density at radius 1 is 1.07 bits per heavy atom. The molecule has 0 radical (unpaired) electrons. The van der Waals surface area contributed by atoms with Crippen molar-refractivity contribution in [1.82, 2.24) is 14.5 Å². The number of carboxylic acid groups (broad SMARTS) is 1. The number of carboxylic acids is 1. The second-order valence-corrected chi connectivity index (χ2v) is 8.14. The molecular formula is C17H23N3O6S. The van der Waals surface area contributed by atoms with Gasteiger partial charge in [-0.25, -0.2) is 13.2 Å². The number of carbonyl (C=O) groups is 3. The average Bonchev–Trinajstić information content (AvgIpc) is 2.65. The molecule has 0 spiro atoms. The molecule has 2 amide bonds. The van der Waals surface area contributed by atoms with E-state index >= 15 is 0 Å². The van der Waals surface area contributed by atoms with Crippen LogP contribution in [0.2, 0.25) is 0 Å². The van der Waals surface area contributed by atoms with Crippen molar-refractivity contribution < 1.29 is 27.9 Å². The molecule has 1 heterocycles. The first-order valence-electron chi connectivity index (χ1n) is 8.57. The molecule has 1 fully saturated rings. The van der Waals surface area contributed by atoms with Crippen molar-refractivity contribution in [2.45, 2.75) is 24.7 Å². The minimum absolute atomic E-state index is 0.0191. The Morgan fingerprint density at radius 2 is 1.67 bits per heavy atom. The number of ketones is 1. The predicted molar refractivity (Wildman–Crippen MR) is 97.0 cm³/mol. The monoisotopic (exact) mass is 397 g/mol. The van der Waals surface area contributed by atoms with Crippen LogP contribution in [0, 0.1) is 0 Å². The standard InChI is InChI=1S/C17H23N3O6S/c1-13(21)14-4-6-15(7-5-14)27(25,26)20-11-9-19(10-12-20)17(24)18-8-2-3-16(22)23/h4-7H,2-3,8-12H2,1H3,(H,18,24)(H,22,23). The fourth-order valence-electron chi connectivity index (χ4n) is 2.69. The number of carbonyl (C=O) groups excluding carboxylic acids is 2. The maximum absolute atomic E-state index is 12.7. The van der Waals surface area contributed by atoms with Crippen LogP contribution >= 0.6 is 0 Å². The lowest BCUT2D eigenvalue weighted by molar-refractivity contribution is -0.137. The molecule has 148 valence electrons. The van der Waals surface area contributed by atoms with Crippen molar-refractivity contribution in [1.29, 1.82) is 0 Å². The summed E-state index contributed by atoms with van der Waals surface area (Å²) in [4.78, 5) is 35.4. The van der Waals surface area contributed by atoms with Crippen molar-refractivity contribution in [3.63, 3.8) is 0 Å². The van der Waals surface area contributed by atoms with E-state index in [9.17, 15) is 22.8 Å². The topological polar surface area (TPSA) is 124 Å². The average molecular weight is 397 g/mol. The molecule has 9 nitrogen and oxygen atoms in total. The second-order valence-electron chi connectivity index (χ2n) is 6.20. The van der Waals surface area contributed by atoms with Gasteiger partial charge in [-0.2, -0.15) is 4.31 Å². The molecule has 1 aliphatic rings. The maximum Gasteiger partial charge on any atom is 0.317 e. The van der Waals surface area contributed by atoms with Gasteiger partial charge in [0.05, 0.1) is 4.90 Å². The molecule has 0 atom stereocenters. The number of urea groups is 1. The molecule has 0 aliphatic carbocycles. The fraction of sp³-hybridized carbons (Fsp3) is 0.471. The van der Waals surface area contributed by atoms with E-state index in [4.69, 9.17) is 5.11 Å². The van der Waals surface area contributed by atoms with E-state index in [0.717, 1.165) is 0 Å². The van der Waals surface area contributed by atoms with E-state index in [1.54, 1.807) is 0 Å². The van der Waals surface area contributed by atoms with Gasteiger partial charge in [-0.15, -0.1) is 0 Å². The first kappa shape index (κ1) is 20.8. The van der Waals surface area contributed by atoms with Crippen LogP contribution in [0.3, 0.4) is 0 Å². The van der Waals surface area contributed by atoms with Crippen LogP contribution in [0.4, 0.5) is 4.79 Å². The lowest BCUT2D eigenvalue weighted by Crippen LogP contribution is -2.53. The Bertz CT molecular complexity index is 798. The van der Waals surface area contributed by atoms with E-state index in [1.807, 2.05) is 0 Å². The molecule has 2 N–H and O–H groups in total. The Balaban J connectivity index is 1.89. The van der Waals surface area contributed by atoms with Gasteiger partial charge in [-0.1, -0.05) is 12.1 Å². The zero-order chi connectivity index (χ0) is 20.0. The fourth-order valence-corrected chi connectivity index (χ4v) is 4.11. The summed E-state index contributed by atoms with van der Waals surface area (Å²) >= 11 is 0. The van der Waals surface area contributed by atoms with Crippen LogP contribution in [0.5, 0.6) is 0 Å². The third-order valence-electron chi connectivity index (χ3n) is 4.27. The minimum atomic E-state index is -3.69. The number of hydrogen-bond acceptors (Lipinski definition) is 5. The maximum atomic E-state index is 12.7. The second kappa shape index (κ2) is 8.96. The van der Waals surface area contributed by atoms with Crippen LogP contribution in [-0.4, -0.2) is 73.2 Å². The summed E-state index contributed by atoms with van der Waals surface area (Å²) in [6.07, 6.45) is 0.320. The first-order chi connectivity index (χ1) is 12.7. The molecule has 10 heteroatoms. The number of nitrogens with one attached hydrogen (secondary N) is 1.